The van der Waals surface area contributed by atoms with Gasteiger partial charge >= 0.3 is 0 Å². The molecule has 1 aromatic rings. The molecule has 0 amide bonds. The van der Waals surface area contributed by atoms with E-state index in [-0.39, 0.29) is 0 Å². The third kappa shape index (κ3) is 3.25. The van der Waals surface area contributed by atoms with Crippen molar-refractivity contribution in [3.8, 4) is 0 Å². The summed E-state index contributed by atoms with van der Waals surface area (Å²) in [5.74, 6) is 0. The van der Waals surface area contributed by atoms with Crippen molar-refractivity contribution >= 4 is 23.1 Å². The van der Waals surface area contributed by atoms with E-state index in [1.807, 2.05) is 0 Å². The minimum Gasteiger partial charge on any atom is -0.150 e. The Morgan fingerprint density at radius 3 is 2.87 bits per heavy atom. The first-order chi connectivity index (χ1) is 7.40. The Hall–Kier alpha value is 0.0500. The van der Waals surface area contributed by atoms with Crippen LogP contribution in [0, 0.1) is 5.38 Å². The number of thioether (sulfide) groups is 1. The summed E-state index contributed by atoms with van der Waals surface area (Å²) in [5, 5.41) is 4.86. The molecule has 2 heteroatoms. The molecular formula is C13H19S2. The predicted molar refractivity (Wildman–Crippen MR) is 70.7 cm³/mol. The molecule has 0 aromatic carbocycles. The van der Waals surface area contributed by atoms with Gasteiger partial charge in [-0.25, -0.2) is 0 Å². The van der Waals surface area contributed by atoms with Gasteiger partial charge < -0.3 is 0 Å². The summed E-state index contributed by atoms with van der Waals surface area (Å²) in [6, 6.07) is 4.30. The van der Waals surface area contributed by atoms with Crippen LogP contribution in [0.5, 0.6) is 0 Å². The molecule has 1 aromatic heterocycles. The van der Waals surface area contributed by atoms with Crippen LogP contribution in [0.15, 0.2) is 12.1 Å². The van der Waals surface area contributed by atoms with Gasteiger partial charge in [0.1, 0.15) is 0 Å². The molecule has 0 aliphatic heterocycles. The van der Waals surface area contributed by atoms with Crippen molar-refractivity contribution in [1.29, 1.82) is 0 Å². The highest BCUT2D eigenvalue weighted by Crippen LogP contribution is 2.41. The fourth-order valence-corrected chi connectivity index (χ4v) is 4.72. The second kappa shape index (κ2) is 5.95. The Bertz CT molecular complexity index is 260. The molecule has 1 atom stereocenters. The minimum absolute atomic E-state index is 0.726. The molecule has 1 saturated carbocycles. The lowest BCUT2D eigenvalue weighted by molar-refractivity contribution is 0.514. The molecular weight excluding hydrogens is 220 g/mol. The van der Waals surface area contributed by atoms with Gasteiger partial charge in [-0.15, -0.1) is 23.1 Å². The molecule has 0 N–H and O–H groups in total. The molecule has 1 aliphatic rings. The van der Waals surface area contributed by atoms with Crippen molar-refractivity contribution in [3.63, 3.8) is 0 Å². The van der Waals surface area contributed by atoms with Crippen molar-refractivity contribution in [2.75, 3.05) is 0 Å². The summed E-state index contributed by atoms with van der Waals surface area (Å²) >= 11 is 4.01. The van der Waals surface area contributed by atoms with E-state index in [9.17, 15) is 0 Å². The minimum atomic E-state index is 0.726. The van der Waals surface area contributed by atoms with Gasteiger partial charge in [-0.1, -0.05) is 26.2 Å². The number of hydrogen-bond donors (Lipinski definition) is 0. The summed E-state index contributed by atoms with van der Waals surface area (Å²) < 4.78 is 0. The smallest absolute Gasteiger partial charge is 0.0446 e. The van der Waals surface area contributed by atoms with Crippen molar-refractivity contribution in [3.05, 3.63) is 22.4 Å². The highest BCUT2D eigenvalue weighted by atomic mass is 32.2. The number of thiophene rings is 1. The fraction of sp³-hybridized carbons (Fsp3) is 0.692. The highest BCUT2D eigenvalue weighted by molar-refractivity contribution is 8.00. The molecule has 0 spiro atoms. The Labute approximate surface area is 101 Å². The molecule has 0 bridgehead atoms. The Balaban J connectivity index is 1.90. The topological polar surface area (TPSA) is 0 Å². The maximum atomic E-state index is 3.21. The summed E-state index contributed by atoms with van der Waals surface area (Å²) in [6.07, 6.45) is 8.50. The maximum absolute atomic E-state index is 3.21. The van der Waals surface area contributed by atoms with Gasteiger partial charge in [0.05, 0.1) is 0 Å². The SMILES string of the molecule is CCC(SC1CCCCC1)c1cc[c]s1. The van der Waals surface area contributed by atoms with Gasteiger partial charge in [-0.2, -0.15) is 0 Å². The second-order valence-electron chi connectivity index (χ2n) is 4.25. The van der Waals surface area contributed by atoms with Gasteiger partial charge in [0.2, 0.25) is 0 Å². The van der Waals surface area contributed by atoms with Crippen molar-refractivity contribution < 1.29 is 0 Å². The summed E-state index contributed by atoms with van der Waals surface area (Å²) in [7, 11) is 0. The van der Waals surface area contributed by atoms with Crippen LogP contribution >= 0.6 is 23.1 Å². The van der Waals surface area contributed by atoms with Crippen molar-refractivity contribution in [2.45, 2.75) is 55.9 Å². The second-order valence-corrected chi connectivity index (χ2v) is 6.67. The molecule has 15 heavy (non-hydrogen) atoms. The van der Waals surface area contributed by atoms with E-state index in [1.54, 1.807) is 11.3 Å². The fourth-order valence-electron chi connectivity index (χ4n) is 2.22. The Morgan fingerprint density at radius 1 is 1.47 bits per heavy atom. The van der Waals surface area contributed by atoms with Crippen LogP contribution in [-0.2, 0) is 0 Å². The molecule has 1 fully saturated rings. The first-order valence-corrected chi connectivity index (χ1v) is 7.77. The molecule has 1 heterocycles. The van der Waals surface area contributed by atoms with Gasteiger partial charge in [-0.3, -0.25) is 0 Å². The van der Waals surface area contributed by atoms with E-state index >= 15 is 0 Å². The van der Waals surface area contributed by atoms with E-state index in [0.717, 1.165) is 10.5 Å². The lowest BCUT2D eigenvalue weighted by Gasteiger charge is -2.25. The standard InChI is InChI=1S/C13H19S2/c1-2-12(13-9-6-10-14-13)15-11-7-4-3-5-8-11/h6,9,11-12H,2-5,7-8H2,1H3. The van der Waals surface area contributed by atoms with Gasteiger partial charge in [-0.05, 0) is 31.4 Å². The molecule has 83 valence electrons. The zero-order valence-electron chi connectivity index (χ0n) is 9.37. The summed E-state index contributed by atoms with van der Waals surface area (Å²) in [5.41, 5.74) is 0. The first-order valence-electron chi connectivity index (χ1n) is 6.01. The average molecular weight is 239 g/mol. The quantitative estimate of drug-likeness (QED) is 0.707. The molecule has 0 nitrogen and oxygen atoms in total. The van der Waals surface area contributed by atoms with Gasteiger partial charge in [0.25, 0.3) is 0 Å². The normalized spacial score (nSPS) is 20.3. The van der Waals surface area contributed by atoms with E-state index in [1.165, 1.54) is 43.4 Å². The van der Waals surface area contributed by atoms with E-state index in [2.05, 4.69) is 36.2 Å². The number of rotatable bonds is 4. The van der Waals surface area contributed by atoms with E-state index < -0.39 is 0 Å². The van der Waals surface area contributed by atoms with Crippen LogP contribution in [0.4, 0.5) is 0 Å². The van der Waals surface area contributed by atoms with Crippen LogP contribution in [0.2, 0.25) is 0 Å². The number of hydrogen-bond acceptors (Lipinski definition) is 2. The van der Waals surface area contributed by atoms with Crippen LogP contribution in [0.25, 0.3) is 0 Å². The maximum Gasteiger partial charge on any atom is 0.0446 e. The van der Waals surface area contributed by atoms with Crippen molar-refractivity contribution in [2.24, 2.45) is 0 Å². The molecule has 1 radical (unpaired) electrons. The Kier molecular flexibility index (Phi) is 4.58. The molecule has 0 saturated heterocycles. The van der Waals surface area contributed by atoms with Crippen LogP contribution in [0.1, 0.15) is 55.6 Å². The van der Waals surface area contributed by atoms with Gasteiger partial charge in [0, 0.05) is 20.8 Å². The van der Waals surface area contributed by atoms with Gasteiger partial charge in [0.15, 0.2) is 0 Å². The molecule has 1 aliphatic carbocycles. The zero-order chi connectivity index (χ0) is 10.5. The van der Waals surface area contributed by atoms with Crippen LogP contribution in [0.3, 0.4) is 0 Å². The lowest BCUT2D eigenvalue weighted by Crippen LogP contribution is -2.10. The molecule has 2 rings (SSSR count). The third-order valence-electron chi connectivity index (χ3n) is 3.09. The average Bonchev–Trinajstić information content (AvgIpc) is 2.81. The zero-order valence-corrected chi connectivity index (χ0v) is 11.0. The Morgan fingerprint density at radius 2 is 2.27 bits per heavy atom. The van der Waals surface area contributed by atoms with Crippen LogP contribution < -0.4 is 0 Å². The summed E-state index contributed by atoms with van der Waals surface area (Å²) in [6.45, 7) is 2.31. The first kappa shape index (κ1) is 11.5. The van der Waals surface area contributed by atoms with E-state index in [0.29, 0.717) is 0 Å². The third-order valence-corrected chi connectivity index (χ3v) is 5.92. The largest absolute Gasteiger partial charge is 0.150 e. The van der Waals surface area contributed by atoms with Crippen molar-refractivity contribution in [1.82, 2.24) is 0 Å². The lowest BCUT2D eigenvalue weighted by atomic mass is 10.0. The monoisotopic (exact) mass is 239 g/mol. The predicted octanol–water partition coefficient (Wildman–Crippen LogP) is 5.07. The van der Waals surface area contributed by atoms with Crippen LogP contribution in [-0.4, -0.2) is 5.25 Å². The highest BCUT2D eigenvalue weighted by Gasteiger charge is 2.19. The summed E-state index contributed by atoms with van der Waals surface area (Å²) in [4.78, 5) is 1.52. The van der Waals surface area contributed by atoms with E-state index in [4.69, 9.17) is 0 Å². The molecule has 1 unspecified atom stereocenters.